The molecule has 15 heteroatoms. The number of hydrogen-bond acceptors (Lipinski definition) is 9. The van der Waals surface area contributed by atoms with E-state index in [1.807, 2.05) is 13.8 Å². The number of carbonyl (C=O) groups is 1. The molecule has 47 heavy (non-hydrogen) atoms. The third kappa shape index (κ3) is 9.46. The van der Waals surface area contributed by atoms with E-state index in [1.165, 1.54) is 52.7 Å². The molecular formula is C32H42ClN3O8S3. The van der Waals surface area contributed by atoms with Crippen molar-refractivity contribution in [2.45, 2.75) is 67.4 Å². The number of rotatable bonds is 9. The van der Waals surface area contributed by atoms with Crippen LogP contribution in [0.2, 0.25) is 5.02 Å². The minimum absolute atomic E-state index is 0.000335. The van der Waals surface area contributed by atoms with Crippen molar-refractivity contribution < 1.29 is 36.2 Å². The summed E-state index contributed by atoms with van der Waals surface area (Å²) >= 11 is 7.07. The number of nitrogens with zero attached hydrogens (tertiary/aromatic N) is 2. The fraction of sp³-hybridized carbons (Fsp3) is 0.469. The molecule has 2 aromatic carbocycles. The average molecular weight is 728 g/mol. The summed E-state index contributed by atoms with van der Waals surface area (Å²) in [6.45, 7) is 5.70. The van der Waals surface area contributed by atoms with Crippen molar-refractivity contribution in [2.24, 2.45) is 5.92 Å². The van der Waals surface area contributed by atoms with Gasteiger partial charge in [-0.25, -0.2) is 16.8 Å². The van der Waals surface area contributed by atoms with E-state index in [2.05, 4.69) is 4.72 Å². The predicted octanol–water partition coefficient (Wildman–Crippen LogP) is 5.32. The van der Waals surface area contributed by atoms with Gasteiger partial charge in [-0.2, -0.15) is 4.31 Å². The highest BCUT2D eigenvalue weighted by Crippen LogP contribution is 2.30. The van der Waals surface area contributed by atoms with E-state index in [4.69, 9.17) is 21.1 Å². The standard InChI is InChI=1S/C32H42ClN3O8S3/c1-22-19-36(23(2)21-37)32(38)28-18-26(34-46(39,40)27-13-10-25(33)11-14-27)12-15-29(28)44-24(3)8-5-6-16-43-30(22)20-35(4)47(41,42)31-9-7-17-45-31/h7,9-15,17-18,22-24,30,34,37H,5-6,8,16,19-21H2,1-4H3/t22-,23-,24-,30-/m1/s1. The molecule has 1 aliphatic rings. The molecule has 0 spiro atoms. The van der Waals surface area contributed by atoms with Crippen molar-refractivity contribution in [3.05, 3.63) is 70.6 Å². The highest BCUT2D eigenvalue weighted by Gasteiger charge is 2.33. The van der Waals surface area contributed by atoms with Gasteiger partial charge >= 0.3 is 0 Å². The van der Waals surface area contributed by atoms with E-state index >= 15 is 0 Å². The summed E-state index contributed by atoms with van der Waals surface area (Å²) in [4.78, 5) is 15.8. The number of aliphatic hydroxyl groups excluding tert-OH is 1. The van der Waals surface area contributed by atoms with Crippen LogP contribution in [0, 0.1) is 5.92 Å². The number of aliphatic hydroxyl groups is 1. The Bertz CT molecular complexity index is 1700. The van der Waals surface area contributed by atoms with Crippen LogP contribution in [0.1, 0.15) is 50.4 Å². The van der Waals surface area contributed by atoms with Gasteiger partial charge in [-0.3, -0.25) is 9.52 Å². The molecule has 2 N–H and O–H groups in total. The van der Waals surface area contributed by atoms with Crippen LogP contribution >= 0.6 is 22.9 Å². The molecule has 1 amide bonds. The Balaban J connectivity index is 1.68. The first-order valence-electron chi connectivity index (χ1n) is 15.3. The van der Waals surface area contributed by atoms with Gasteiger partial charge < -0.3 is 19.5 Å². The van der Waals surface area contributed by atoms with Gasteiger partial charge in [0.1, 0.15) is 9.96 Å². The van der Waals surface area contributed by atoms with E-state index in [0.717, 1.165) is 17.8 Å². The highest BCUT2D eigenvalue weighted by atomic mass is 35.5. The number of hydrogen-bond donors (Lipinski definition) is 2. The van der Waals surface area contributed by atoms with Gasteiger partial charge in [0.05, 0.1) is 35.3 Å². The third-order valence-corrected chi connectivity index (χ3v) is 12.9. The zero-order chi connectivity index (χ0) is 34.4. The molecule has 2 heterocycles. The van der Waals surface area contributed by atoms with E-state index in [9.17, 15) is 26.7 Å². The number of halogens is 1. The first-order chi connectivity index (χ1) is 22.2. The van der Waals surface area contributed by atoms with Crippen molar-refractivity contribution in [3.63, 3.8) is 0 Å². The minimum Gasteiger partial charge on any atom is -0.490 e. The van der Waals surface area contributed by atoms with Gasteiger partial charge in [-0.15, -0.1) is 11.3 Å². The van der Waals surface area contributed by atoms with Crippen LogP contribution in [-0.4, -0.2) is 88.7 Å². The van der Waals surface area contributed by atoms with E-state index in [1.54, 1.807) is 30.5 Å². The van der Waals surface area contributed by atoms with E-state index in [0.29, 0.717) is 24.5 Å². The van der Waals surface area contributed by atoms with Crippen LogP contribution in [0.4, 0.5) is 5.69 Å². The quantitative estimate of drug-likeness (QED) is 0.302. The second kappa shape index (κ2) is 16.1. The van der Waals surface area contributed by atoms with Crippen LogP contribution in [0.15, 0.2) is 69.1 Å². The monoisotopic (exact) mass is 727 g/mol. The number of thiophene rings is 1. The van der Waals surface area contributed by atoms with Gasteiger partial charge in [0, 0.05) is 43.4 Å². The molecule has 0 saturated heterocycles. The molecule has 0 radical (unpaired) electrons. The fourth-order valence-electron chi connectivity index (χ4n) is 5.19. The van der Waals surface area contributed by atoms with Gasteiger partial charge in [-0.05, 0) is 87.0 Å². The van der Waals surface area contributed by atoms with E-state index in [-0.39, 0.29) is 57.8 Å². The zero-order valence-electron chi connectivity index (χ0n) is 26.8. The lowest BCUT2D eigenvalue weighted by atomic mass is 10.0. The second-order valence-corrected chi connectivity index (χ2v) is 17.1. The Hall–Kier alpha value is -2.72. The topological polar surface area (TPSA) is 143 Å². The Morgan fingerprint density at radius 1 is 1.11 bits per heavy atom. The fourth-order valence-corrected chi connectivity index (χ4v) is 8.75. The molecule has 3 aromatic rings. The lowest BCUT2D eigenvalue weighted by Gasteiger charge is -2.35. The maximum absolute atomic E-state index is 14.3. The number of amides is 1. The SMILES string of the molecule is C[C@@H]1CCCCO[C@H](CN(C)S(=O)(=O)c2cccs2)[C@H](C)CN([C@H](C)CO)C(=O)c2cc(NS(=O)(=O)c3ccc(Cl)cc3)ccc2O1. The number of benzene rings is 2. The molecule has 0 unspecified atom stereocenters. The molecule has 11 nitrogen and oxygen atoms in total. The molecule has 4 rings (SSSR count). The Labute approximate surface area is 286 Å². The maximum Gasteiger partial charge on any atom is 0.261 e. The van der Waals surface area contributed by atoms with Crippen LogP contribution in [0.5, 0.6) is 5.75 Å². The van der Waals surface area contributed by atoms with Gasteiger partial charge in [0.25, 0.3) is 26.0 Å². The second-order valence-electron chi connectivity index (χ2n) is 11.8. The first kappa shape index (κ1) is 37.1. The van der Waals surface area contributed by atoms with Crippen molar-refractivity contribution in [2.75, 3.05) is 38.1 Å². The number of fused-ring (bicyclic) bond motifs is 1. The summed E-state index contributed by atoms with van der Waals surface area (Å²) in [7, 11) is -6.24. The van der Waals surface area contributed by atoms with Crippen LogP contribution in [-0.2, 0) is 24.8 Å². The Kier molecular flexibility index (Phi) is 12.7. The number of ether oxygens (including phenoxy) is 2. The summed E-state index contributed by atoms with van der Waals surface area (Å²) < 4.78 is 69.3. The Morgan fingerprint density at radius 3 is 2.49 bits per heavy atom. The summed E-state index contributed by atoms with van der Waals surface area (Å²) in [5, 5.41) is 12.3. The minimum atomic E-state index is -4.01. The number of likely N-dealkylation sites (N-methyl/N-ethyl adjacent to an activating group) is 1. The number of carbonyl (C=O) groups excluding carboxylic acids is 1. The van der Waals surface area contributed by atoms with Crippen molar-refractivity contribution in [1.29, 1.82) is 0 Å². The lowest BCUT2D eigenvalue weighted by molar-refractivity contribution is -0.00832. The number of anilines is 1. The smallest absolute Gasteiger partial charge is 0.261 e. The third-order valence-electron chi connectivity index (χ3n) is 8.02. The molecule has 258 valence electrons. The summed E-state index contributed by atoms with van der Waals surface area (Å²) in [5.41, 5.74) is 0.267. The Morgan fingerprint density at radius 2 is 1.83 bits per heavy atom. The molecule has 4 atom stereocenters. The normalized spacial score (nSPS) is 21.0. The molecular weight excluding hydrogens is 686 g/mol. The van der Waals surface area contributed by atoms with Gasteiger partial charge in [0.2, 0.25) is 0 Å². The van der Waals surface area contributed by atoms with Crippen LogP contribution in [0.25, 0.3) is 0 Å². The molecule has 0 aliphatic carbocycles. The van der Waals surface area contributed by atoms with E-state index < -0.39 is 38.1 Å². The van der Waals surface area contributed by atoms with Crippen LogP contribution < -0.4 is 9.46 Å². The van der Waals surface area contributed by atoms with Gasteiger partial charge in [0.15, 0.2) is 0 Å². The molecule has 1 aliphatic heterocycles. The predicted molar refractivity (Wildman–Crippen MR) is 183 cm³/mol. The number of sulfonamides is 2. The number of nitrogens with one attached hydrogen (secondary N) is 1. The largest absolute Gasteiger partial charge is 0.490 e. The molecule has 0 fully saturated rings. The zero-order valence-corrected chi connectivity index (χ0v) is 30.0. The molecule has 1 aromatic heterocycles. The summed E-state index contributed by atoms with van der Waals surface area (Å²) in [6.07, 6.45) is 1.30. The van der Waals surface area contributed by atoms with Crippen molar-refractivity contribution in [3.8, 4) is 5.75 Å². The summed E-state index contributed by atoms with van der Waals surface area (Å²) in [6, 6.07) is 12.8. The average Bonchev–Trinajstić information content (AvgIpc) is 3.59. The first-order valence-corrected chi connectivity index (χ1v) is 19.5. The van der Waals surface area contributed by atoms with Crippen molar-refractivity contribution >= 4 is 54.6 Å². The lowest BCUT2D eigenvalue weighted by Crippen LogP contribution is -2.48. The highest BCUT2D eigenvalue weighted by molar-refractivity contribution is 7.92. The summed E-state index contributed by atoms with van der Waals surface area (Å²) in [5.74, 6) is -0.554. The molecule has 0 bridgehead atoms. The maximum atomic E-state index is 14.3. The van der Waals surface area contributed by atoms with Crippen LogP contribution in [0.3, 0.4) is 0 Å². The molecule has 0 saturated carbocycles. The van der Waals surface area contributed by atoms with Crippen molar-refractivity contribution in [1.82, 2.24) is 9.21 Å². The van der Waals surface area contributed by atoms with Gasteiger partial charge in [-0.1, -0.05) is 24.6 Å².